The molecule has 200 valence electrons. The Hall–Kier alpha value is -5.94. The molecule has 0 bridgehead atoms. The van der Waals surface area contributed by atoms with Crippen LogP contribution < -0.4 is 0 Å². The number of benzene rings is 5. The molecule has 43 heavy (non-hydrogen) atoms. The number of fused-ring (bicyclic) bond motifs is 14. The highest BCUT2D eigenvalue weighted by Gasteiger charge is 2.24. The van der Waals surface area contributed by atoms with Gasteiger partial charge in [-0.05, 0) is 48.5 Å². The van der Waals surface area contributed by atoms with Crippen molar-refractivity contribution >= 4 is 71.1 Å². The molecule has 0 spiro atoms. The van der Waals surface area contributed by atoms with Gasteiger partial charge in [0, 0.05) is 67.7 Å². The van der Waals surface area contributed by atoms with Gasteiger partial charge in [0.15, 0.2) is 0 Å². The second kappa shape index (κ2) is 8.30. The number of hydrogen-bond donors (Lipinski definition) is 0. The molecule has 0 aliphatic rings. The van der Waals surface area contributed by atoms with Crippen molar-refractivity contribution in [3.63, 3.8) is 0 Å². The summed E-state index contributed by atoms with van der Waals surface area (Å²) < 4.78 is 7.00. The molecule has 0 aliphatic heterocycles. The van der Waals surface area contributed by atoms with Gasteiger partial charge in [-0.25, -0.2) is 9.97 Å². The van der Waals surface area contributed by atoms with Crippen molar-refractivity contribution in [2.75, 3.05) is 0 Å². The Morgan fingerprint density at radius 3 is 1.70 bits per heavy atom. The van der Waals surface area contributed by atoms with Crippen molar-refractivity contribution in [2.45, 2.75) is 0 Å². The topological polar surface area (TPSA) is 40.1 Å². The van der Waals surface area contributed by atoms with E-state index in [0.717, 1.165) is 38.8 Å². The number of aromatic nitrogens is 5. The molecule has 5 aromatic heterocycles. The molecule has 10 rings (SSSR count). The highest BCUT2D eigenvalue weighted by molar-refractivity contribution is 6.30. The van der Waals surface area contributed by atoms with Crippen molar-refractivity contribution in [1.29, 1.82) is 0 Å². The lowest BCUT2D eigenvalue weighted by Gasteiger charge is -2.14. The molecule has 0 atom stereocenters. The SMILES string of the molecule is c1ccc(-n2c3ccccc3c3ccc4c5ccc6c(c7cccnc7n7ccnc67)c5n(-c5ccccc5)c4c32)cc1. The van der Waals surface area contributed by atoms with E-state index in [0.29, 0.717) is 0 Å². The molecule has 0 radical (unpaired) electrons. The fraction of sp³-hybridized carbons (Fsp3) is 0. The Morgan fingerprint density at radius 2 is 0.930 bits per heavy atom. The van der Waals surface area contributed by atoms with Crippen LogP contribution in [-0.2, 0) is 0 Å². The molecule has 0 saturated carbocycles. The molecule has 0 fully saturated rings. The van der Waals surface area contributed by atoms with Gasteiger partial charge in [-0.2, -0.15) is 0 Å². The van der Waals surface area contributed by atoms with E-state index in [1.54, 1.807) is 0 Å². The molecular weight excluding hydrogens is 526 g/mol. The number of nitrogens with zero attached hydrogens (tertiary/aromatic N) is 5. The van der Waals surface area contributed by atoms with Crippen LogP contribution >= 0.6 is 0 Å². The third-order valence-electron chi connectivity index (χ3n) is 8.92. The van der Waals surface area contributed by atoms with Crippen LogP contribution in [0.5, 0.6) is 0 Å². The van der Waals surface area contributed by atoms with Gasteiger partial charge in [0.2, 0.25) is 0 Å². The summed E-state index contributed by atoms with van der Waals surface area (Å²) in [6, 6.07) is 43.5. The zero-order chi connectivity index (χ0) is 28.1. The van der Waals surface area contributed by atoms with E-state index < -0.39 is 0 Å². The van der Waals surface area contributed by atoms with Crippen molar-refractivity contribution in [2.24, 2.45) is 0 Å². The average Bonchev–Trinajstić information content (AvgIpc) is 3.78. The van der Waals surface area contributed by atoms with E-state index in [-0.39, 0.29) is 0 Å². The molecule has 0 unspecified atom stereocenters. The fourth-order valence-corrected chi connectivity index (χ4v) is 7.23. The summed E-state index contributed by atoms with van der Waals surface area (Å²) >= 11 is 0. The van der Waals surface area contributed by atoms with Crippen LogP contribution in [0.2, 0.25) is 0 Å². The summed E-state index contributed by atoms with van der Waals surface area (Å²) in [5, 5.41) is 8.28. The van der Waals surface area contributed by atoms with Crippen LogP contribution in [0.3, 0.4) is 0 Å². The maximum atomic E-state index is 4.84. The molecule has 5 heteroatoms. The summed E-state index contributed by atoms with van der Waals surface area (Å²) in [7, 11) is 0. The van der Waals surface area contributed by atoms with E-state index >= 15 is 0 Å². The zero-order valence-corrected chi connectivity index (χ0v) is 23.0. The maximum Gasteiger partial charge on any atom is 0.146 e. The first-order chi connectivity index (χ1) is 21.4. The first kappa shape index (κ1) is 22.7. The maximum absolute atomic E-state index is 4.84. The van der Waals surface area contributed by atoms with Gasteiger partial charge in [-0.1, -0.05) is 72.8 Å². The number of imidazole rings is 1. The molecule has 5 heterocycles. The van der Waals surface area contributed by atoms with Crippen LogP contribution in [0, 0.1) is 0 Å². The highest BCUT2D eigenvalue weighted by Crippen LogP contribution is 2.44. The molecule has 0 amide bonds. The second-order valence-electron chi connectivity index (χ2n) is 11.1. The minimum atomic E-state index is 0.906. The van der Waals surface area contributed by atoms with Crippen LogP contribution in [0.15, 0.2) is 140 Å². The Balaban J connectivity index is 1.55. The summed E-state index contributed by atoms with van der Waals surface area (Å²) in [5.74, 6) is 0. The number of hydrogen-bond acceptors (Lipinski definition) is 2. The second-order valence-corrected chi connectivity index (χ2v) is 11.1. The zero-order valence-electron chi connectivity index (χ0n) is 23.0. The number of pyridine rings is 2. The highest BCUT2D eigenvalue weighted by atomic mass is 15.1. The van der Waals surface area contributed by atoms with E-state index in [4.69, 9.17) is 9.97 Å². The number of rotatable bonds is 2. The molecule has 10 aromatic rings. The van der Waals surface area contributed by atoms with E-state index in [1.807, 2.05) is 24.7 Å². The standard InChI is InChI=1S/C38H23N5/c1-3-10-24(11-4-1)42-32-16-8-7-14-26(32)27-17-18-29-28-19-20-31-33(30-15-9-21-39-37(30)41-23-22-40-38(31)41)34(28)43(36(29)35(27)42)25-12-5-2-6-13-25/h1-23H. The van der Waals surface area contributed by atoms with E-state index in [9.17, 15) is 0 Å². The van der Waals surface area contributed by atoms with Gasteiger partial charge in [-0.3, -0.25) is 4.40 Å². The predicted octanol–water partition coefficient (Wildman–Crippen LogP) is 9.23. The molecule has 0 aliphatic carbocycles. The summed E-state index contributed by atoms with van der Waals surface area (Å²) in [4.78, 5) is 9.64. The van der Waals surface area contributed by atoms with Gasteiger partial charge in [0.1, 0.15) is 11.3 Å². The molecular formula is C38H23N5. The third kappa shape index (κ3) is 2.90. The molecule has 0 N–H and O–H groups in total. The Bertz CT molecular complexity index is 2710. The van der Waals surface area contributed by atoms with Gasteiger partial charge in [-0.15, -0.1) is 0 Å². The van der Waals surface area contributed by atoms with Crippen LogP contribution in [0.25, 0.3) is 82.4 Å². The predicted molar refractivity (Wildman–Crippen MR) is 177 cm³/mol. The average molecular weight is 550 g/mol. The minimum Gasteiger partial charge on any atom is -0.307 e. The fourth-order valence-electron chi connectivity index (χ4n) is 7.23. The first-order valence-corrected chi connectivity index (χ1v) is 14.5. The molecule has 5 nitrogen and oxygen atoms in total. The van der Waals surface area contributed by atoms with Gasteiger partial charge in [0.25, 0.3) is 0 Å². The molecule has 0 saturated heterocycles. The third-order valence-corrected chi connectivity index (χ3v) is 8.92. The van der Waals surface area contributed by atoms with E-state index in [1.165, 1.54) is 43.6 Å². The largest absolute Gasteiger partial charge is 0.307 e. The Labute approximate surface area is 245 Å². The van der Waals surface area contributed by atoms with Crippen molar-refractivity contribution in [3.05, 3.63) is 140 Å². The Morgan fingerprint density at radius 1 is 0.395 bits per heavy atom. The van der Waals surface area contributed by atoms with Crippen molar-refractivity contribution in [1.82, 2.24) is 23.5 Å². The van der Waals surface area contributed by atoms with Crippen LogP contribution in [0.1, 0.15) is 0 Å². The molecule has 5 aromatic carbocycles. The van der Waals surface area contributed by atoms with Gasteiger partial charge in [0.05, 0.1) is 22.1 Å². The quantitative estimate of drug-likeness (QED) is 0.202. The van der Waals surface area contributed by atoms with Gasteiger partial charge >= 0.3 is 0 Å². The normalized spacial score (nSPS) is 12.2. The van der Waals surface area contributed by atoms with Crippen molar-refractivity contribution < 1.29 is 0 Å². The first-order valence-electron chi connectivity index (χ1n) is 14.5. The Kier molecular flexibility index (Phi) is 4.39. The van der Waals surface area contributed by atoms with Gasteiger partial charge < -0.3 is 9.13 Å². The van der Waals surface area contributed by atoms with Crippen molar-refractivity contribution in [3.8, 4) is 11.4 Å². The monoisotopic (exact) mass is 549 g/mol. The van der Waals surface area contributed by atoms with E-state index in [2.05, 4.69) is 129 Å². The number of para-hydroxylation sites is 3. The lowest BCUT2D eigenvalue weighted by atomic mass is 10.0. The smallest absolute Gasteiger partial charge is 0.146 e. The van der Waals surface area contributed by atoms with Crippen LogP contribution in [0.4, 0.5) is 0 Å². The lowest BCUT2D eigenvalue weighted by molar-refractivity contribution is 1.15. The summed E-state index contributed by atoms with van der Waals surface area (Å²) in [6.07, 6.45) is 5.73. The summed E-state index contributed by atoms with van der Waals surface area (Å²) in [6.45, 7) is 0. The summed E-state index contributed by atoms with van der Waals surface area (Å²) in [5.41, 5.74) is 8.82. The minimum absolute atomic E-state index is 0.906. The lowest BCUT2D eigenvalue weighted by Crippen LogP contribution is -1.99. The van der Waals surface area contributed by atoms with Crippen LogP contribution in [-0.4, -0.2) is 23.5 Å².